The van der Waals surface area contributed by atoms with Crippen molar-refractivity contribution < 1.29 is 0 Å². The van der Waals surface area contributed by atoms with Crippen LogP contribution in [0.3, 0.4) is 0 Å². The Morgan fingerprint density at radius 3 is 2.47 bits per heavy atom. The number of likely N-dealkylation sites (N-methyl/N-ethyl adjacent to an activating group) is 1. The molecule has 102 valence electrons. The molecule has 1 fully saturated rings. The second-order valence-corrected chi connectivity index (χ2v) is 6.26. The van der Waals surface area contributed by atoms with E-state index in [1.165, 1.54) is 26.2 Å². The zero-order valence-electron chi connectivity index (χ0n) is 12.4. The maximum Gasteiger partial charge on any atom is 0.0195 e. The fraction of sp³-hybridized carbons (Fsp3) is 1.00. The Morgan fingerprint density at radius 1 is 1.18 bits per heavy atom. The third-order valence-electron chi connectivity index (χ3n) is 3.56. The molecule has 0 saturated carbocycles. The second kappa shape index (κ2) is 7.34. The SMILES string of the molecule is CC(C)CNCC(C)CN1CCN(C)CC1C. The Kier molecular flexibility index (Phi) is 6.45. The summed E-state index contributed by atoms with van der Waals surface area (Å²) >= 11 is 0. The van der Waals surface area contributed by atoms with Crippen LogP contribution in [0.15, 0.2) is 0 Å². The first-order chi connectivity index (χ1) is 7.99. The molecule has 2 atom stereocenters. The van der Waals surface area contributed by atoms with Gasteiger partial charge in [0.05, 0.1) is 0 Å². The molecule has 3 heteroatoms. The molecular formula is C14H31N3. The maximum atomic E-state index is 3.56. The Bertz CT molecular complexity index is 206. The molecule has 3 nitrogen and oxygen atoms in total. The molecule has 0 radical (unpaired) electrons. The number of nitrogens with one attached hydrogen (secondary N) is 1. The van der Waals surface area contributed by atoms with Crippen molar-refractivity contribution in [3.8, 4) is 0 Å². The summed E-state index contributed by atoms with van der Waals surface area (Å²) in [4.78, 5) is 5.07. The quantitative estimate of drug-likeness (QED) is 0.760. The highest BCUT2D eigenvalue weighted by atomic mass is 15.3. The van der Waals surface area contributed by atoms with Crippen molar-refractivity contribution in [2.75, 3.05) is 46.3 Å². The van der Waals surface area contributed by atoms with Gasteiger partial charge in [-0.3, -0.25) is 4.90 Å². The maximum absolute atomic E-state index is 3.56. The number of hydrogen-bond acceptors (Lipinski definition) is 3. The smallest absolute Gasteiger partial charge is 0.0195 e. The summed E-state index contributed by atoms with van der Waals surface area (Å²) in [6.45, 7) is 16.4. The summed E-state index contributed by atoms with van der Waals surface area (Å²) in [6, 6.07) is 0.710. The summed E-state index contributed by atoms with van der Waals surface area (Å²) in [5.74, 6) is 1.50. The van der Waals surface area contributed by atoms with Crippen LogP contribution in [0.1, 0.15) is 27.7 Å². The second-order valence-electron chi connectivity index (χ2n) is 6.26. The number of hydrogen-bond donors (Lipinski definition) is 1. The molecule has 1 aliphatic rings. The number of nitrogens with zero attached hydrogens (tertiary/aromatic N) is 2. The van der Waals surface area contributed by atoms with Crippen LogP contribution in [0.4, 0.5) is 0 Å². The van der Waals surface area contributed by atoms with Gasteiger partial charge in [0, 0.05) is 32.2 Å². The van der Waals surface area contributed by atoms with Gasteiger partial charge in [-0.1, -0.05) is 20.8 Å². The molecule has 1 N–H and O–H groups in total. The first-order valence-electron chi connectivity index (χ1n) is 7.12. The van der Waals surface area contributed by atoms with Crippen LogP contribution in [0, 0.1) is 11.8 Å². The van der Waals surface area contributed by atoms with Crippen molar-refractivity contribution in [3.05, 3.63) is 0 Å². The summed E-state index contributed by atoms with van der Waals surface area (Å²) in [6.07, 6.45) is 0. The molecule has 0 amide bonds. The van der Waals surface area contributed by atoms with Crippen molar-refractivity contribution in [3.63, 3.8) is 0 Å². The Labute approximate surface area is 108 Å². The third kappa shape index (κ3) is 5.84. The minimum absolute atomic E-state index is 0.710. The normalized spacial score (nSPS) is 25.4. The van der Waals surface area contributed by atoms with Gasteiger partial charge in [-0.25, -0.2) is 0 Å². The van der Waals surface area contributed by atoms with Crippen molar-refractivity contribution in [1.29, 1.82) is 0 Å². The van der Waals surface area contributed by atoms with Gasteiger partial charge in [0.2, 0.25) is 0 Å². The molecule has 0 aromatic heterocycles. The van der Waals surface area contributed by atoms with Gasteiger partial charge in [-0.05, 0) is 38.9 Å². The van der Waals surface area contributed by atoms with E-state index >= 15 is 0 Å². The van der Waals surface area contributed by atoms with Crippen LogP contribution in [0.5, 0.6) is 0 Å². The Morgan fingerprint density at radius 2 is 1.88 bits per heavy atom. The van der Waals surface area contributed by atoms with Crippen LogP contribution in [0.25, 0.3) is 0 Å². The van der Waals surface area contributed by atoms with Gasteiger partial charge in [-0.15, -0.1) is 0 Å². The molecule has 17 heavy (non-hydrogen) atoms. The summed E-state index contributed by atoms with van der Waals surface area (Å²) < 4.78 is 0. The lowest BCUT2D eigenvalue weighted by molar-refractivity contribution is 0.0870. The van der Waals surface area contributed by atoms with Gasteiger partial charge in [0.15, 0.2) is 0 Å². The fourth-order valence-corrected chi connectivity index (χ4v) is 2.53. The number of rotatable bonds is 6. The number of piperazine rings is 1. The largest absolute Gasteiger partial charge is 0.316 e. The van der Waals surface area contributed by atoms with E-state index in [9.17, 15) is 0 Å². The van der Waals surface area contributed by atoms with Crippen molar-refractivity contribution in [2.24, 2.45) is 11.8 Å². The first-order valence-corrected chi connectivity index (χ1v) is 7.12. The zero-order valence-corrected chi connectivity index (χ0v) is 12.4. The minimum atomic E-state index is 0.710. The van der Waals surface area contributed by atoms with Gasteiger partial charge in [0.1, 0.15) is 0 Å². The lowest BCUT2D eigenvalue weighted by Crippen LogP contribution is -2.52. The molecule has 1 rings (SSSR count). The van der Waals surface area contributed by atoms with E-state index in [1.807, 2.05) is 0 Å². The van der Waals surface area contributed by atoms with E-state index in [2.05, 4.69) is 49.9 Å². The average Bonchev–Trinajstić information content (AvgIpc) is 2.21. The van der Waals surface area contributed by atoms with E-state index in [4.69, 9.17) is 0 Å². The van der Waals surface area contributed by atoms with Crippen LogP contribution < -0.4 is 5.32 Å². The van der Waals surface area contributed by atoms with Gasteiger partial charge in [0.25, 0.3) is 0 Å². The summed E-state index contributed by atoms with van der Waals surface area (Å²) in [5.41, 5.74) is 0. The lowest BCUT2D eigenvalue weighted by atomic mass is 10.1. The fourth-order valence-electron chi connectivity index (χ4n) is 2.53. The molecular weight excluding hydrogens is 210 g/mol. The van der Waals surface area contributed by atoms with Gasteiger partial charge < -0.3 is 10.2 Å². The van der Waals surface area contributed by atoms with Gasteiger partial charge in [-0.2, -0.15) is 0 Å². The van der Waals surface area contributed by atoms with Crippen molar-refractivity contribution in [1.82, 2.24) is 15.1 Å². The van der Waals surface area contributed by atoms with Crippen molar-refractivity contribution in [2.45, 2.75) is 33.7 Å². The molecule has 0 aliphatic carbocycles. The van der Waals surface area contributed by atoms with Crippen LogP contribution in [-0.4, -0.2) is 62.2 Å². The Hall–Kier alpha value is -0.120. The van der Waals surface area contributed by atoms with E-state index in [0.29, 0.717) is 6.04 Å². The highest BCUT2D eigenvalue weighted by Crippen LogP contribution is 2.10. The summed E-state index contributed by atoms with van der Waals surface area (Å²) in [7, 11) is 2.22. The molecule has 1 aliphatic heterocycles. The molecule has 0 aromatic carbocycles. The topological polar surface area (TPSA) is 18.5 Å². The molecule has 0 bridgehead atoms. The standard InChI is InChI=1S/C14H31N3/c1-12(2)8-15-9-13(3)10-17-7-6-16(5)11-14(17)4/h12-15H,6-11H2,1-5H3. The van der Waals surface area contributed by atoms with Crippen LogP contribution >= 0.6 is 0 Å². The highest BCUT2D eigenvalue weighted by Gasteiger charge is 2.22. The van der Waals surface area contributed by atoms with E-state index < -0.39 is 0 Å². The molecule has 1 saturated heterocycles. The van der Waals surface area contributed by atoms with E-state index in [0.717, 1.165) is 24.9 Å². The van der Waals surface area contributed by atoms with Crippen LogP contribution in [-0.2, 0) is 0 Å². The predicted molar refractivity (Wildman–Crippen MR) is 75.4 cm³/mol. The average molecular weight is 241 g/mol. The molecule has 1 heterocycles. The van der Waals surface area contributed by atoms with Gasteiger partial charge >= 0.3 is 0 Å². The highest BCUT2D eigenvalue weighted by molar-refractivity contribution is 4.78. The minimum Gasteiger partial charge on any atom is -0.316 e. The lowest BCUT2D eigenvalue weighted by Gasteiger charge is -2.39. The van der Waals surface area contributed by atoms with Crippen LogP contribution in [0.2, 0.25) is 0 Å². The third-order valence-corrected chi connectivity index (χ3v) is 3.56. The summed E-state index contributed by atoms with van der Waals surface area (Å²) in [5, 5.41) is 3.56. The molecule has 0 aromatic rings. The zero-order chi connectivity index (χ0) is 12.8. The van der Waals surface area contributed by atoms with E-state index in [1.54, 1.807) is 0 Å². The molecule has 2 unspecified atom stereocenters. The predicted octanol–water partition coefficient (Wildman–Crippen LogP) is 1.50. The Balaban J connectivity index is 2.19. The monoisotopic (exact) mass is 241 g/mol. The van der Waals surface area contributed by atoms with Crippen molar-refractivity contribution >= 4 is 0 Å². The van der Waals surface area contributed by atoms with E-state index in [-0.39, 0.29) is 0 Å². The molecule has 0 spiro atoms. The first kappa shape index (κ1) is 14.9.